The fourth-order valence-electron chi connectivity index (χ4n) is 2.55. The monoisotopic (exact) mass is 293 g/mol. The summed E-state index contributed by atoms with van der Waals surface area (Å²) in [6, 6.07) is 16.3. The van der Waals surface area contributed by atoms with Crippen molar-refractivity contribution in [3.63, 3.8) is 0 Å². The summed E-state index contributed by atoms with van der Waals surface area (Å²) in [5.41, 5.74) is 4.53. The van der Waals surface area contributed by atoms with Gasteiger partial charge in [-0.2, -0.15) is 0 Å². The van der Waals surface area contributed by atoms with Gasteiger partial charge in [0.1, 0.15) is 5.75 Å². The number of methoxy groups -OCH3 is 1. The Hall–Kier alpha value is -2.52. The second-order valence-corrected chi connectivity index (χ2v) is 5.05. The molecule has 0 radical (unpaired) electrons. The number of rotatable bonds is 4. The number of fused-ring (bicyclic) bond motifs is 1. The van der Waals surface area contributed by atoms with Gasteiger partial charge in [-0.05, 0) is 41.8 Å². The van der Waals surface area contributed by atoms with Crippen molar-refractivity contribution in [1.82, 2.24) is 0 Å². The highest BCUT2D eigenvalue weighted by Crippen LogP contribution is 2.30. The zero-order chi connectivity index (χ0) is 15.4. The first-order chi connectivity index (χ1) is 10.8. The van der Waals surface area contributed by atoms with Crippen LogP contribution in [0.25, 0.3) is 6.08 Å². The van der Waals surface area contributed by atoms with Crippen molar-refractivity contribution in [1.29, 1.82) is 0 Å². The Morgan fingerprint density at radius 1 is 0.955 bits per heavy atom. The van der Waals surface area contributed by atoms with Crippen LogP contribution in [0.5, 0.6) is 5.75 Å². The number of hydroxylamine groups is 1. The molecule has 0 bridgehead atoms. The lowest BCUT2D eigenvalue weighted by Crippen LogP contribution is -2.24. The van der Waals surface area contributed by atoms with E-state index in [2.05, 4.69) is 36.4 Å². The quantitative estimate of drug-likeness (QED) is 0.842. The molecule has 1 heterocycles. The molecule has 0 saturated carbocycles. The van der Waals surface area contributed by atoms with Crippen molar-refractivity contribution < 1.29 is 9.57 Å². The standard InChI is InChI=1S/C19H19NO2/c1-21-18-13-8-15(9-14-18)7-11-17-12-10-16-5-3-4-6-19(16)20(17)22-2/h3-9,11-14H,10H2,1-2H3. The number of hydrogen-bond acceptors (Lipinski definition) is 3. The Morgan fingerprint density at radius 2 is 1.73 bits per heavy atom. The van der Waals surface area contributed by atoms with Crippen molar-refractivity contribution in [2.24, 2.45) is 0 Å². The fraction of sp³-hybridized carbons (Fsp3) is 0.158. The molecule has 0 aliphatic carbocycles. The van der Waals surface area contributed by atoms with Crippen LogP contribution >= 0.6 is 0 Å². The predicted octanol–water partition coefficient (Wildman–Crippen LogP) is 4.22. The van der Waals surface area contributed by atoms with Crippen LogP contribution in [0.2, 0.25) is 0 Å². The van der Waals surface area contributed by atoms with Crippen molar-refractivity contribution in [3.05, 3.63) is 77.5 Å². The van der Waals surface area contributed by atoms with Gasteiger partial charge in [0.05, 0.1) is 25.6 Å². The highest BCUT2D eigenvalue weighted by Gasteiger charge is 2.17. The summed E-state index contributed by atoms with van der Waals surface area (Å²) in [5, 5.41) is 1.86. The topological polar surface area (TPSA) is 21.7 Å². The van der Waals surface area contributed by atoms with E-state index in [0.29, 0.717) is 0 Å². The van der Waals surface area contributed by atoms with Gasteiger partial charge >= 0.3 is 0 Å². The van der Waals surface area contributed by atoms with Gasteiger partial charge in [-0.25, -0.2) is 5.06 Å². The van der Waals surface area contributed by atoms with E-state index in [9.17, 15) is 0 Å². The van der Waals surface area contributed by atoms with Crippen LogP contribution in [0.1, 0.15) is 11.1 Å². The summed E-state index contributed by atoms with van der Waals surface area (Å²) in [7, 11) is 3.36. The van der Waals surface area contributed by atoms with Crippen molar-refractivity contribution in [3.8, 4) is 5.75 Å². The minimum Gasteiger partial charge on any atom is -0.497 e. The summed E-state index contributed by atoms with van der Waals surface area (Å²) in [4.78, 5) is 5.55. The average Bonchev–Trinajstić information content (AvgIpc) is 2.59. The molecular weight excluding hydrogens is 274 g/mol. The lowest BCUT2D eigenvalue weighted by Gasteiger charge is -2.28. The summed E-state index contributed by atoms with van der Waals surface area (Å²) >= 11 is 0. The molecule has 0 unspecified atom stereocenters. The van der Waals surface area contributed by atoms with E-state index in [-0.39, 0.29) is 0 Å². The largest absolute Gasteiger partial charge is 0.497 e. The van der Waals surface area contributed by atoms with Crippen LogP contribution < -0.4 is 9.80 Å². The first-order valence-electron chi connectivity index (χ1n) is 7.26. The number of para-hydroxylation sites is 1. The molecule has 0 aromatic heterocycles. The molecule has 1 aliphatic rings. The molecule has 2 aromatic rings. The molecule has 3 rings (SSSR count). The number of allylic oxidation sites excluding steroid dienone is 2. The van der Waals surface area contributed by atoms with Crippen LogP contribution in [0.15, 0.2) is 66.4 Å². The zero-order valence-electron chi connectivity index (χ0n) is 12.8. The van der Waals surface area contributed by atoms with E-state index in [0.717, 1.165) is 29.1 Å². The smallest absolute Gasteiger partial charge is 0.118 e. The third-order valence-corrected chi connectivity index (χ3v) is 3.72. The molecule has 3 heteroatoms. The maximum atomic E-state index is 5.55. The Labute approximate surface area is 131 Å². The molecular formula is C19H19NO2. The van der Waals surface area contributed by atoms with Gasteiger partial charge < -0.3 is 4.74 Å². The lowest BCUT2D eigenvalue weighted by molar-refractivity contribution is 0.189. The minimum atomic E-state index is 0.862. The molecule has 0 N–H and O–H groups in total. The number of hydrogen-bond donors (Lipinski definition) is 0. The van der Waals surface area contributed by atoms with Crippen LogP contribution in [-0.4, -0.2) is 14.2 Å². The van der Waals surface area contributed by atoms with E-state index in [1.54, 1.807) is 14.2 Å². The SMILES string of the molecule is COc1ccc(C=CC2=CCc3ccccc3N2OC)cc1. The Bertz CT molecular complexity index is 702. The third kappa shape index (κ3) is 2.90. The molecule has 0 saturated heterocycles. The Morgan fingerprint density at radius 3 is 2.45 bits per heavy atom. The summed E-state index contributed by atoms with van der Waals surface area (Å²) in [5.74, 6) is 0.862. The third-order valence-electron chi connectivity index (χ3n) is 3.72. The lowest BCUT2D eigenvalue weighted by atomic mass is 10.0. The summed E-state index contributed by atoms with van der Waals surface area (Å²) in [6.45, 7) is 0. The molecule has 1 aliphatic heterocycles. The van der Waals surface area contributed by atoms with Gasteiger partial charge in [-0.1, -0.05) is 42.5 Å². The number of anilines is 1. The Kier molecular flexibility index (Phi) is 4.26. The van der Waals surface area contributed by atoms with E-state index in [1.807, 2.05) is 35.4 Å². The molecule has 0 amide bonds. The zero-order valence-corrected chi connectivity index (χ0v) is 12.8. The second-order valence-electron chi connectivity index (χ2n) is 5.05. The first-order valence-corrected chi connectivity index (χ1v) is 7.26. The molecule has 3 nitrogen and oxygen atoms in total. The van der Waals surface area contributed by atoms with Crippen molar-refractivity contribution >= 4 is 11.8 Å². The van der Waals surface area contributed by atoms with Crippen LogP contribution in [-0.2, 0) is 11.3 Å². The number of ether oxygens (including phenoxy) is 1. The van der Waals surface area contributed by atoms with Gasteiger partial charge in [0.15, 0.2) is 0 Å². The van der Waals surface area contributed by atoms with E-state index < -0.39 is 0 Å². The highest BCUT2D eigenvalue weighted by molar-refractivity contribution is 5.64. The van der Waals surface area contributed by atoms with E-state index in [4.69, 9.17) is 9.57 Å². The summed E-state index contributed by atoms with van der Waals surface area (Å²) in [6.07, 6.45) is 7.23. The maximum absolute atomic E-state index is 5.55. The average molecular weight is 293 g/mol. The van der Waals surface area contributed by atoms with Crippen molar-refractivity contribution in [2.45, 2.75) is 6.42 Å². The van der Waals surface area contributed by atoms with E-state index >= 15 is 0 Å². The van der Waals surface area contributed by atoms with Crippen LogP contribution in [0, 0.1) is 0 Å². The van der Waals surface area contributed by atoms with E-state index in [1.165, 1.54) is 5.56 Å². The molecule has 0 spiro atoms. The second kappa shape index (κ2) is 6.50. The fourth-order valence-corrected chi connectivity index (χ4v) is 2.55. The highest BCUT2D eigenvalue weighted by atomic mass is 16.7. The molecule has 2 aromatic carbocycles. The van der Waals surface area contributed by atoms with Gasteiger partial charge in [-0.15, -0.1) is 0 Å². The molecule has 0 atom stereocenters. The van der Waals surface area contributed by atoms with Gasteiger partial charge in [0.25, 0.3) is 0 Å². The van der Waals surface area contributed by atoms with Crippen molar-refractivity contribution in [2.75, 3.05) is 19.3 Å². The predicted molar refractivity (Wildman–Crippen MR) is 89.7 cm³/mol. The Balaban J connectivity index is 1.82. The summed E-state index contributed by atoms with van der Waals surface area (Å²) < 4.78 is 5.17. The molecule has 0 fully saturated rings. The van der Waals surface area contributed by atoms with Gasteiger partial charge in [-0.3, -0.25) is 4.84 Å². The minimum absolute atomic E-state index is 0.862. The maximum Gasteiger partial charge on any atom is 0.118 e. The molecule has 112 valence electrons. The first kappa shape index (κ1) is 14.4. The molecule has 22 heavy (non-hydrogen) atoms. The van der Waals surface area contributed by atoms with Crippen LogP contribution in [0.3, 0.4) is 0 Å². The number of nitrogens with zero attached hydrogens (tertiary/aromatic N) is 1. The van der Waals surface area contributed by atoms with Gasteiger partial charge in [0, 0.05) is 0 Å². The van der Waals surface area contributed by atoms with Gasteiger partial charge in [0.2, 0.25) is 0 Å². The number of benzene rings is 2. The van der Waals surface area contributed by atoms with Crippen LogP contribution in [0.4, 0.5) is 5.69 Å². The normalized spacial score (nSPS) is 13.9.